The molecule has 164 valence electrons. The van der Waals surface area contributed by atoms with Crippen LogP contribution in [-0.2, 0) is 17.8 Å². The van der Waals surface area contributed by atoms with E-state index < -0.39 is 11.5 Å². The number of hydrogen-bond acceptors (Lipinski definition) is 4. The number of aliphatic hydroxyl groups is 1. The van der Waals surface area contributed by atoms with Gasteiger partial charge in [-0.25, -0.2) is 0 Å². The minimum absolute atomic E-state index is 0.136. The molecule has 31 heavy (non-hydrogen) atoms. The highest BCUT2D eigenvalue weighted by atomic mass is 16.3. The maximum Gasteiger partial charge on any atom is 0.263 e. The Bertz CT molecular complexity index is 1030. The molecular formula is C24H29N3O4. The van der Waals surface area contributed by atoms with Crippen molar-refractivity contribution in [3.8, 4) is 0 Å². The molecule has 2 atom stereocenters. The first-order chi connectivity index (χ1) is 14.9. The molecule has 2 aliphatic rings. The van der Waals surface area contributed by atoms with Crippen LogP contribution in [0.3, 0.4) is 0 Å². The largest absolute Gasteiger partial charge is 0.392 e. The van der Waals surface area contributed by atoms with Crippen LogP contribution >= 0.6 is 0 Å². The van der Waals surface area contributed by atoms with Crippen molar-refractivity contribution in [1.82, 2.24) is 14.8 Å². The summed E-state index contributed by atoms with van der Waals surface area (Å²) in [6.07, 6.45) is 3.27. The Labute approximate surface area is 181 Å². The summed E-state index contributed by atoms with van der Waals surface area (Å²) < 4.78 is 1.58. The number of piperidine rings is 2. The van der Waals surface area contributed by atoms with Crippen molar-refractivity contribution in [3.05, 3.63) is 69.6 Å². The quantitative estimate of drug-likeness (QED) is 0.780. The van der Waals surface area contributed by atoms with Gasteiger partial charge in [0, 0.05) is 32.4 Å². The smallest absolute Gasteiger partial charge is 0.263 e. The van der Waals surface area contributed by atoms with Crippen LogP contribution in [0.15, 0.2) is 47.4 Å². The van der Waals surface area contributed by atoms with E-state index in [1.54, 1.807) is 28.7 Å². The van der Waals surface area contributed by atoms with E-state index in [2.05, 4.69) is 5.32 Å². The zero-order valence-corrected chi connectivity index (χ0v) is 17.8. The number of nitrogens with zero attached hydrogens (tertiary/aromatic N) is 2. The Kier molecular flexibility index (Phi) is 5.96. The average molecular weight is 424 g/mol. The van der Waals surface area contributed by atoms with Crippen molar-refractivity contribution in [2.24, 2.45) is 5.41 Å². The van der Waals surface area contributed by atoms with Crippen molar-refractivity contribution in [3.63, 3.8) is 0 Å². The molecule has 1 aromatic heterocycles. The number of hydrogen-bond donors (Lipinski definition) is 2. The molecule has 1 aromatic carbocycles. The van der Waals surface area contributed by atoms with Crippen LogP contribution in [0.1, 0.15) is 40.7 Å². The Morgan fingerprint density at radius 1 is 1.23 bits per heavy atom. The first-order valence-electron chi connectivity index (χ1n) is 10.9. The van der Waals surface area contributed by atoms with Gasteiger partial charge in [0.2, 0.25) is 5.91 Å². The second-order valence-corrected chi connectivity index (χ2v) is 8.65. The number of carbonyl (C=O) groups is 2. The van der Waals surface area contributed by atoms with Crippen LogP contribution in [0.25, 0.3) is 0 Å². The standard InChI is InChI=1S/C24H29N3O4/c1-17-8-13-26(14-9-18-6-3-2-4-7-18)21(29)20(17)22(30)27-15-10-19(28)24(16-27)11-5-12-25-23(24)31/h2-4,6-8,13,19,28H,5,9-12,14-16H2,1H3,(H,25,31)/t19-,24+/m0/s1. The van der Waals surface area contributed by atoms with E-state index >= 15 is 0 Å². The van der Waals surface area contributed by atoms with Gasteiger partial charge in [-0.05, 0) is 49.8 Å². The normalized spacial score (nSPS) is 23.6. The summed E-state index contributed by atoms with van der Waals surface area (Å²) in [5, 5.41) is 13.4. The van der Waals surface area contributed by atoms with Gasteiger partial charge in [0.15, 0.2) is 0 Å². The third-order valence-corrected chi connectivity index (χ3v) is 6.68. The summed E-state index contributed by atoms with van der Waals surface area (Å²) in [5.41, 5.74) is 0.603. The van der Waals surface area contributed by atoms with E-state index in [0.29, 0.717) is 44.5 Å². The lowest BCUT2D eigenvalue weighted by molar-refractivity contribution is -0.147. The van der Waals surface area contributed by atoms with Crippen LogP contribution in [0.5, 0.6) is 0 Å². The summed E-state index contributed by atoms with van der Waals surface area (Å²) in [6, 6.07) is 11.7. The number of likely N-dealkylation sites (tertiary alicyclic amines) is 1. The van der Waals surface area contributed by atoms with Gasteiger partial charge in [0.1, 0.15) is 5.56 Å². The maximum atomic E-state index is 13.4. The molecule has 0 bridgehead atoms. The molecule has 0 saturated carbocycles. The van der Waals surface area contributed by atoms with E-state index in [0.717, 1.165) is 12.0 Å². The zero-order valence-electron chi connectivity index (χ0n) is 17.8. The number of aliphatic hydroxyl groups excluding tert-OH is 1. The molecule has 4 rings (SSSR count). The van der Waals surface area contributed by atoms with Crippen LogP contribution < -0.4 is 10.9 Å². The molecule has 3 heterocycles. The summed E-state index contributed by atoms with van der Waals surface area (Å²) >= 11 is 0. The lowest BCUT2D eigenvalue weighted by Crippen LogP contribution is -2.62. The second kappa shape index (κ2) is 8.67. The predicted octanol–water partition coefficient (Wildman–Crippen LogP) is 1.50. The SMILES string of the molecule is Cc1ccn(CCc2ccccc2)c(=O)c1C(=O)N1CC[C@H](O)[C@@]2(CCCNC2=O)C1. The number of rotatable bonds is 4. The number of nitrogens with one attached hydrogen (secondary N) is 1. The van der Waals surface area contributed by atoms with Gasteiger partial charge >= 0.3 is 0 Å². The van der Waals surface area contributed by atoms with Crippen LogP contribution in [-0.4, -0.2) is 52.1 Å². The van der Waals surface area contributed by atoms with Gasteiger partial charge in [-0.15, -0.1) is 0 Å². The number of carbonyl (C=O) groups excluding carboxylic acids is 2. The minimum Gasteiger partial charge on any atom is -0.392 e. The molecule has 2 saturated heterocycles. The van der Waals surface area contributed by atoms with E-state index in [9.17, 15) is 19.5 Å². The third kappa shape index (κ3) is 4.02. The fourth-order valence-electron chi connectivity index (χ4n) is 4.77. The summed E-state index contributed by atoms with van der Waals surface area (Å²) in [4.78, 5) is 40.8. The Morgan fingerprint density at radius 2 is 2.00 bits per heavy atom. The summed E-state index contributed by atoms with van der Waals surface area (Å²) in [7, 11) is 0. The topological polar surface area (TPSA) is 91.6 Å². The van der Waals surface area contributed by atoms with E-state index in [4.69, 9.17) is 0 Å². The minimum atomic E-state index is -0.985. The van der Waals surface area contributed by atoms with Crippen LogP contribution in [0.4, 0.5) is 0 Å². The van der Waals surface area contributed by atoms with Gasteiger partial charge in [-0.2, -0.15) is 0 Å². The van der Waals surface area contributed by atoms with Crippen molar-refractivity contribution in [2.45, 2.75) is 45.3 Å². The van der Waals surface area contributed by atoms with E-state index in [-0.39, 0.29) is 29.5 Å². The highest BCUT2D eigenvalue weighted by molar-refractivity contribution is 5.96. The molecule has 0 radical (unpaired) electrons. The monoisotopic (exact) mass is 423 g/mol. The number of benzene rings is 1. The Hall–Kier alpha value is -2.93. The van der Waals surface area contributed by atoms with Crippen molar-refractivity contribution < 1.29 is 14.7 Å². The van der Waals surface area contributed by atoms with E-state index in [1.807, 2.05) is 30.3 Å². The second-order valence-electron chi connectivity index (χ2n) is 8.65. The van der Waals surface area contributed by atoms with Gasteiger partial charge in [0.05, 0.1) is 11.5 Å². The van der Waals surface area contributed by atoms with Crippen molar-refractivity contribution in [1.29, 1.82) is 0 Å². The maximum absolute atomic E-state index is 13.4. The summed E-state index contributed by atoms with van der Waals surface area (Å²) in [5.74, 6) is -0.560. The molecule has 0 unspecified atom stereocenters. The fourth-order valence-corrected chi connectivity index (χ4v) is 4.77. The molecule has 2 N–H and O–H groups in total. The molecular weight excluding hydrogens is 394 g/mol. The fraction of sp³-hybridized carbons (Fsp3) is 0.458. The van der Waals surface area contributed by atoms with Gasteiger partial charge < -0.3 is 19.9 Å². The van der Waals surface area contributed by atoms with Gasteiger partial charge in [-0.3, -0.25) is 14.4 Å². The highest BCUT2D eigenvalue weighted by Crippen LogP contribution is 2.37. The molecule has 0 aliphatic carbocycles. The van der Waals surface area contributed by atoms with Crippen molar-refractivity contribution in [2.75, 3.05) is 19.6 Å². The Balaban J connectivity index is 1.58. The molecule has 1 spiro atoms. The molecule has 2 fully saturated rings. The predicted molar refractivity (Wildman–Crippen MR) is 117 cm³/mol. The molecule has 2 aromatic rings. The number of pyridine rings is 1. The lowest BCUT2D eigenvalue weighted by atomic mass is 9.71. The van der Waals surface area contributed by atoms with Gasteiger partial charge in [0.25, 0.3) is 11.5 Å². The highest BCUT2D eigenvalue weighted by Gasteiger charge is 2.50. The molecule has 7 heteroatoms. The van der Waals surface area contributed by atoms with Crippen LogP contribution in [0, 0.1) is 12.3 Å². The summed E-state index contributed by atoms with van der Waals surface area (Å²) in [6.45, 7) is 3.29. The number of aromatic nitrogens is 1. The number of amides is 2. The van der Waals surface area contributed by atoms with Crippen molar-refractivity contribution >= 4 is 11.8 Å². The Morgan fingerprint density at radius 3 is 2.74 bits per heavy atom. The average Bonchev–Trinajstić information content (AvgIpc) is 2.77. The third-order valence-electron chi connectivity index (χ3n) is 6.68. The zero-order chi connectivity index (χ0) is 22.0. The first kappa shape index (κ1) is 21.3. The number of aryl methyl sites for hydroxylation is 3. The van der Waals surface area contributed by atoms with Crippen LogP contribution in [0.2, 0.25) is 0 Å². The molecule has 2 aliphatic heterocycles. The first-order valence-corrected chi connectivity index (χ1v) is 10.9. The molecule has 2 amide bonds. The molecule has 7 nitrogen and oxygen atoms in total. The van der Waals surface area contributed by atoms with E-state index in [1.165, 1.54) is 0 Å². The lowest BCUT2D eigenvalue weighted by Gasteiger charge is -2.46. The van der Waals surface area contributed by atoms with Gasteiger partial charge in [-0.1, -0.05) is 30.3 Å².